The van der Waals surface area contributed by atoms with E-state index in [1.54, 1.807) is 7.11 Å². The summed E-state index contributed by atoms with van der Waals surface area (Å²) < 4.78 is 20.4. The van der Waals surface area contributed by atoms with Gasteiger partial charge in [0.05, 0.1) is 18.2 Å². The molecule has 3 saturated carbocycles. The van der Waals surface area contributed by atoms with Gasteiger partial charge in [-0.1, -0.05) is 11.6 Å². The number of aromatic nitrogens is 3. The smallest absolute Gasteiger partial charge is 0.145 e. The van der Waals surface area contributed by atoms with Crippen molar-refractivity contribution in [2.45, 2.75) is 37.9 Å². The standard InChI is InChI=1S/C29H28ClN3O3/c1-33-24(13-23-27(30)31-16-32-28(23)33)17-3-6-21(7-4-17)35-15-19-5-8-22(12-25(19)34-2)36-29-10-9-18-11-20(14-29)26(18)29/h3-8,12-13,16,18,20,26H,9-11,14-15H2,1-2H3/t18?,20?,26?,29-/m1/s1. The normalized spacial score (nSPS) is 25.7. The van der Waals surface area contributed by atoms with Crippen molar-refractivity contribution in [1.82, 2.24) is 14.5 Å². The van der Waals surface area contributed by atoms with Gasteiger partial charge < -0.3 is 18.8 Å². The molecule has 3 fully saturated rings. The lowest BCUT2D eigenvalue weighted by Gasteiger charge is -2.59. The topological polar surface area (TPSA) is 58.4 Å². The van der Waals surface area contributed by atoms with Crippen LogP contribution in [0, 0.1) is 17.8 Å². The molecule has 3 aliphatic carbocycles. The molecule has 0 amide bonds. The third-order valence-electron chi connectivity index (χ3n) is 8.67. The van der Waals surface area contributed by atoms with E-state index in [-0.39, 0.29) is 5.60 Å². The third kappa shape index (κ3) is 3.30. The first-order valence-electron chi connectivity index (χ1n) is 12.6. The van der Waals surface area contributed by atoms with Crippen LogP contribution in [0.3, 0.4) is 0 Å². The average molecular weight is 502 g/mol. The van der Waals surface area contributed by atoms with Gasteiger partial charge in [0.25, 0.3) is 0 Å². The first kappa shape index (κ1) is 22.0. The average Bonchev–Trinajstić information content (AvgIpc) is 3.22. The molecule has 4 atom stereocenters. The lowest BCUT2D eigenvalue weighted by molar-refractivity contribution is -0.164. The Morgan fingerprint density at radius 1 is 1.06 bits per heavy atom. The number of benzene rings is 2. The Hall–Kier alpha value is -3.25. The summed E-state index contributed by atoms with van der Waals surface area (Å²) in [5.74, 6) is 5.09. The second-order valence-corrected chi connectivity index (χ2v) is 10.8. The van der Waals surface area contributed by atoms with Gasteiger partial charge in [-0.2, -0.15) is 0 Å². The molecule has 184 valence electrons. The summed E-state index contributed by atoms with van der Waals surface area (Å²) >= 11 is 6.25. The first-order chi connectivity index (χ1) is 17.5. The largest absolute Gasteiger partial charge is 0.496 e. The van der Waals surface area contributed by atoms with Gasteiger partial charge in [0.15, 0.2) is 0 Å². The number of rotatable bonds is 7. The Balaban J connectivity index is 1.05. The summed E-state index contributed by atoms with van der Waals surface area (Å²) in [6.45, 7) is 0.417. The number of fused-ring (bicyclic) bond motifs is 1. The highest BCUT2D eigenvalue weighted by molar-refractivity contribution is 6.34. The molecule has 2 heterocycles. The number of nitrogens with zero attached hydrogens (tertiary/aromatic N) is 3. The SMILES string of the molecule is COc1cc(O[C@]23CCC4CC(C2)C43)ccc1COc1ccc(-c2cc3c(Cl)ncnc3n2C)cc1. The lowest BCUT2D eigenvalue weighted by Crippen LogP contribution is -2.61. The molecule has 0 saturated heterocycles. The molecule has 3 unspecified atom stereocenters. The van der Waals surface area contributed by atoms with Crippen LogP contribution in [0.5, 0.6) is 17.2 Å². The summed E-state index contributed by atoms with van der Waals surface area (Å²) in [7, 11) is 3.68. The number of ether oxygens (including phenoxy) is 3. The Morgan fingerprint density at radius 3 is 2.67 bits per heavy atom. The van der Waals surface area contributed by atoms with Crippen LogP contribution in [-0.4, -0.2) is 27.2 Å². The quantitative estimate of drug-likeness (QED) is 0.272. The van der Waals surface area contributed by atoms with E-state index in [0.717, 1.165) is 62.9 Å². The molecule has 7 heteroatoms. The summed E-state index contributed by atoms with van der Waals surface area (Å²) in [4.78, 5) is 8.44. The van der Waals surface area contributed by atoms with Crippen LogP contribution in [0.4, 0.5) is 0 Å². The fourth-order valence-corrected chi connectivity index (χ4v) is 7.11. The monoisotopic (exact) mass is 501 g/mol. The van der Waals surface area contributed by atoms with E-state index in [1.807, 2.05) is 48.0 Å². The molecule has 36 heavy (non-hydrogen) atoms. The van der Waals surface area contributed by atoms with Crippen molar-refractivity contribution in [3.63, 3.8) is 0 Å². The number of hydrogen-bond donors (Lipinski definition) is 0. The first-order valence-corrected chi connectivity index (χ1v) is 13.0. The second-order valence-electron chi connectivity index (χ2n) is 10.5. The van der Waals surface area contributed by atoms with Crippen LogP contribution in [0.15, 0.2) is 54.9 Å². The molecular weight excluding hydrogens is 474 g/mol. The van der Waals surface area contributed by atoms with Crippen LogP contribution in [0.2, 0.25) is 5.15 Å². The van der Waals surface area contributed by atoms with E-state index in [4.69, 9.17) is 25.8 Å². The molecule has 4 aromatic rings. The summed E-state index contributed by atoms with van der Waals surface area (Å²) in [6, 6.07) is 16.2. The molecule has 0 radical (unpaired) electrons. The maximum absolute atomic E-state index is 6.58. The second kappa shape index (κ2) is 8.13. The molecule has 6 nitrogen and oxygen atoms in total. The Kier molecular flexibility index (Phi) is 4.97. The Bertz CT molecular complexity index is 1460. The minimum atomic E-state index is 0.0838. The molecule has 2 aromatic heterocycles. The van der Waals surface area contributed by atoms with Gasteiger partial charge in [-0.25, -0.2) is 9.97 Å². The van der Waals surface area contributed by atoms with Gasteiger partial charge in [0, 0.05) is 24.6 Å². The maximum Gasteiger partial charge on any atom is 0.145 e. The molecule has 2 aromatic carbocycles. The molecular formula is C29H28ClN3O3. The van der Waals surface area contributed by atoms with E-state index in [2.05, 4.69) is 22.1 Å². The van der Waals surface area contributed by atoms with Gasteiger partial charge in [0.1, 0.15) is 46.6 Å². The van der Waals surface area contributed by atoms with E-state index < -0.39 is 0 Å². The highest BCUT2D eigenvalue weighted by atomic mass is 35.5. The number of halogens is 1. The van der Waals surface area contributed by atoms with Crippen molar-refractivity contribution in [3.05, 3.63) is 65.6 Å². The fraction of sp³-hybridized carbons (Fsp3) is 0.379. The van der Waals surface area contributed by atoms with Crippen molar-refractivity contribution in [2.75, 3.05) is 7.11 Å². The van der Waals surface area contributed by atoms with E-state index in [1.165, 1.54) is 32.0 Å². The van der Waals surface area contributed by atoms with Gasteiger partial charge in [-0.05, 0) is 85.5 Å². The predicted molar refractivity (Wildman–Crippen MR) is 139 cm³/mol. The van der Waals surface area contributed by atoms with E-state index in [0.29, 0.717) is 11.8 Å². The van der Waals surface area contributed by atoms with E-state index >= 15 is 0 Å². The molecule has 3 aliphatic rings. The third-order valence-corrected chi connectivity index (χ3v) is 8.97. The van der Waals surface area contributed by atoms with Crippen molar-refractivity contribution in [2.24, 2.45) is 24.8 Å². The number of aryl methyl sites for hydroxylation is 1. The minimum Gasteiger partial charge on any atom is -0.496 e. The zero-order valence-corrected chi connectivity index (χ0v) is 21.2. The lowest BCUT2D eigenvalue weighted by atomic mass is 9.50. The summed E-state index contributed by atoms with van der Waals surface area (Å²) in [5.41, 5.74) is 3.95. The van der Waals surface area contributed by atoms with Gasteiger partial charge in [-0.3, -0.25) is 0 Å². The van der Waals surface area contributed by atoms with Gasteiger partial charge in [-0.15, -0.1) is 0 Å². The highest BCUT2D eigenvalue weighted by Gasteiger charge is 2.68. The number of methoxy groups -OCH3 is 1. The van der Waals surface area contributed by atoms with Crippen LogP contribution in [0.1, 0.15) is 31.2 Å². The van der Waals surface area contributed by atoms with Crippen molar-refractivity contribution >= 4 is 22.6 Å². The molecule has 7 rings (SSSR count). The zero-order chi connectivity index (χ0) is 24.4. The minimum absolute atomic E-state index is 0.0838. The fourth-order valence-electron chi connectivity index (χ4n) is 6.92. The molecule has 0 aliphatic heterocycles. The van der Waals surface area contributed by atoms with Crippen LogP contribution in [0.25, 0.3) is 22.3 Å². The van der Waals surface area contributed by atoms with Crippen LogP contribution >= 0.6 is 11.6 Å². The Morgan fingerprint density at radius 2 is 1.89 bits per heavy atom. The van der Waals surface area contributed by atoms with Crippen molar-refractivity contribution < 1.29 is 14.2 Å². The van der Waals surface area contributed by atoms with Crippen LogP contribution in [-0.2, 0) is 13.7 Å². The predicted octanol–water partition coefficient (Wildman–Crippen LogP) is 6.44. The highest BCUT2D eigenvalue weighted by Crippen LogP contribution is 2.69. The maximum atomic E-state index is 6.58. The van der Waals surface area contributed by atoms with Gasteiger partial charge in [0.2, 0.25) is 0 Å². The molecule has 0 spiro atoms. The van der Waals surface area contributed by atoms with Crippen molar-refractivity contribution in [3.8, 4) is 28.5 Å². The molecule has 0 bridgehead atoms. The van der Waals surface area contributed by atoms with Crippen molar-refractivity contribution in [1.29, 1.82) is 0 Å². The Labute approximate surface area is 215 Å². The summed E-state index contributed by atoms with van der Waals surface area (Å²) in [5, 5.41) is 1.30. The zero-order valence-electron chi connectivity index (χ0n) is 20.4. The number of hydrogen-bond acceptors (Lipinski definition) is 5. The molecule has 0 N–H and O–H groups in total. The van der Waals surface area contributed by atoms with E-state index in [9.17, 15) is 0 Å². The summed E-state index contributed by atoms with van der Waals surface area (Å²) in [6.07, 6.45) is 6.64. The van der Waals surface area contributed by atoms with Crippen LogP contribution < -0.4 is 14.2 Å². The van der Waals surface area contributed by atoms with Gasteiger partial charge >= 0.3 is 0 Å².